The van der Waals surface area contributed by atoms with Crippen LogP contribution in [-0.4, -0.2) is 31.0 Å². The fourth-order valence-corrected chi connectivity index (χ4v) is 3.64. The van der Waals surface area contributed by atoms with Gasteiger partial charge in [0.15, 0.2) is 6.61 Å². The molecular weight excluding hydrogens is 484 g/mol. The normalized spacial score (nSPS) is 10.6. The number of hydrogen-bond donors (Lipinski definition) is 2. The van der Waals surface area contributed by atoms with Crippen LogP contribution >= 0.6 is 0 Å². The van der Waals surface area contributed by atoms with E-state index in [-0.39, 0.29) is 18.7 Å². The van der Waals surface area contributed by atoms with Crippen molar-refractivity contribution in [2.75, 3.05) is 23.8 Å². The van der Waals surface area contributed by atoms with Gasteiger partial charge in [-0.25, -0.2) is 0 Å². The third kappa shape index (κ3) is 8.65. The van der Waals surface area contributed by atoms with Crippen LogP contribution in [0.1, 0.15) is 50.7 Å². The molecule has 0 atom stereocenters. The number of rotatable bonds is 12. The summed E-state index contributed by atoms with van der Waals surface area (Å²) in [6.07, 6.45) is -0.228. The summed E-state index contributed by atoms with van der Waals surface area (Å²) in [4.78, 5) is 36.4. The van der Waals surface area contributed by atoms with Gasteiger partial charge < -0.3 is 24.8 Å². The van der Waals surface area contributed by atoms with Crippen LogP contribution in [0.15, 0.2) is 66.7 Å². The number of anilines is 2. The number of hydrogen-bond acceptors (Lipinski definition) is 6. The minimum atomic E-state index is -0.642. The molecule has 0 radical (unpaired) electrons. The molecule has 2 amide bonds. The molecule has 0 aliphatic heterocycles. The average molecular weight is 519 g/mol. The van der Waals surface area contributed by atoms with Crippen LogP contribution in [-0.2, 0) is 19.1 Å². The Hall–Kier alpha value is -4.33. The summed E-state index contributed by atoms with van der Waals surface area (Å²) >= 11 is 0. The number of nitrogens with one attached hydrogen (secondary N) is 2. The molecule has 0 aliphatic carbocycles. The summed E-state index contributed by atoms with van der Waals surface area (Å²) in [5.41, 5.74) is 3.30. The van der Waals surface area contributed by atoms with E-state index >= 15 is 0 Å². The first-order valence-corrected chi connectivity index (χ1v) is 12.6. The third-order valence-electron chi connectivity index (χ3n) is 5.54. The lowest BCUT2D eigenvalue weighted by Gasteiger charge is -2.15. The van der Waals surface area contributed by atoms with Gasteiger partial charge in [0.05, 0.1) is 18.7 Å². The van der Waals surface area contributed by atoms with Crippen molar-refractivity contribution in [1.29, 1.82) is 0 Å². The van der Waals surface area contributed by atoms with E-state index in [1.165, 1.54) is 0 Å². The monoisotopic (exact) mass is 518 g/mol. The van der Waals surface area contributed by atoms with Gasteiger partial charge in [0, 0.05) is 12.1 Å². The molecule has 3 aromatic rings. The van der Waals surface area contributed by atoms with E-state index in [0.717, 1.165) is 16.9 Å². The molecule has 0 bridgehead atoms. The lowest BCUT2D eigenvalue weighted by atomic mass is 10.0. The maximum atomic E-state index is 12.3. The highest BCUT2D eigenvalue weighted by Gasteiger charge is 2.13. The van der Waals surface area contributed by atoms with E-state index < -0.39 is 18.5 Å². The van der Waals surface area contributed by atoms with E-state index in [9.17, 15) is 14.4 Å². The van der Waals surface area contributed by atoms with E-state index in [0.29, 0.717) is 35.4 Å². The number of carbonyl (C=O) groups is 3. The fourth-order valence-electron chi connectivity index (χ4n) is 3.64. The Labute approximate surface area is 223 Å². The van der Waals surface area contributed by atoms with Crippen LogP contribution in [0.2, 0.25) is 0 Å². The van der Waals surface area contributed by atoms with Crippen molar-refractivity contribution in [2.24, 2.45) is 0 Å². The zero-order valence-corrected chi connectivity index (χ0v) is 22.2. The van der Waals surface area contributed by atoms with E-state index in [1.54, 1.807) is 48.5 Å². The van der Waals surface area contributed by atoms with Gasteiger partial charge in [0.25, 0.3) is 5.91 Å². The van der Waals surface area contributed by atoms with Crippen molar-refractivity contribution >= 4 is 29.2 Å². The van der Waals surface area contributed by atoms with Gasteiger partial charge in [-0.15, -0.1) is 0 Å². The molecular formula is C30H34N2O6. The number of para-hydroxylation sites is 2. The molecule has 0 spiro atoms. The molecule has 8 heteroatoms. The first-order chi connectivity index (χ1) is 18.2. The standard InChI is InChI=1S/C30H34N2O6/c1-5-36-26-9-7-6-8-25(26)32-29(34)19-37-30(35)17-16-28(33)31-22-11-13-23(14-12-22)38-27-18-21(4)10-15-24(27)20(2)3/h6-15,18,20H,5,16-17,19H2,1-4H3,(H,31,33)(H,32,34). The average Bonchev–Trinajstić information content (AvgIpc) is 2.88. The number of amides is 2. The van der Waals surface area contributed by atoms with Crippen molar-refractivity contribution in [3.63, 3.8) is 0 Å². The van der Waals surface area contributed by atoms with Crippen molar-refractivity contribution in [1.82, 2.24) is 0 Å². The lowest BCUT2D eigenvalue weighted by molar-refractivity contribution is -0.147. The molecule has 0 fully saturated rings. The van der Waals surface area contributed by atoms with Crippen molar-refractivity contribution in [2.45, 2.75) is 46.5 Å². The van der Waals surface area contributed by atoms with E-state index in [1.807, 2.05) is 19.9 Å². The number of ether oxygens (including phenoxy) is 3. The Morgan fingerprint density at radius 3 is 2.29 bits per heavy atom. The predicted molar refractivity (Wildman–Crippen MR) is 147 cm³/mol. The van der Waals surface area contributed by atoms with Crippen LogP contribution in [0.3, 0.4) is 0 Å². The quantitative estimate of drug-likeness (QED) is 0.276. The van der Waals surface area contributed by atoms with E-state index in [2.05, 4.69) is 36.6 Å². The second-order valence-corrected chi connectivity index (χ2v) is 9.01. The minimum Gasteiger partial charge on any atom is -0.492 e. The van der Waals surface area contributed by atoms with Gasteiger partial charge in [-0.05, 0) is 73.4 Å². The molecule has 3 aromatic carbocycles. The Bertz CT molecular complexity index is 1250. The highest BCUT2D eigenvalue weighted by Crippen LogP contribution is 2.32. The zero-order chi connectivity index (χ0) is 27.5. The second-order valence-electron chi connectivity index (χ2n) is 9.01. The van der Waals surface area contributed by atoms with Gasteiger partial charge >= 0.3 is 5.97 Å². The summed E-state index contributed by atoms with van der Waals surface area (Å²) in [6.45, 7) is 8.09. The minimum absolute atomic E-state index is 0.0765. The third-order valence-corrected chi connectivity index (χ3v) is 5.54. The number of esters is 1. The van der Waals surface area contributed by atoms with Gasteiger partial charge in [0.2, 0.25) is 5.91 Å². The van der Waals surface area contributed by atoms with Crippen LogP contribution in [0, 0.1) is 6.92 Å². The Kier molecular flexibility index (Phi) is 10.3. The maximum absolute atomic E-state index is 12.3. The summed E-state index contributed by atoms with van der Waals surface area (Å²) in [5, 5.41) is 5.40. The van der Waals surface area contributed by atoms with Crippen LogP contribution in [0.5, 0.6) is 17.2 Å². The Morgan fingerprint density at radius 1 is 0.842 bits per heavy atom. The molecule has 0 heterocycles. The first-order valence-electron chi connectivity index (χ1n) is 12.6. The summed E-state index contributed by atoms with van der Waals surface area (Å²) < 4.78 is 16.5. The molecule has 0 unspecified atom stereocenters. The SMILES string of the molecule is CCOc1ccccc1NC(=O)COC(=O)CCC(=O)Nc1ccc(Oc2cc(C)ccc2C(C)C)cc1. The molecule has 0 aromatic heterocycles. The molecule has 38 heavy (non-hydrogen) atoms. The zero-order valence-electron chi connectivity index (χ0n) is 22.2. The maximum Gasteiger partial charge on any atom is 0.306 e. The molecule has 8 nitrogen and oxygen atoms in total. The first kappa shape index (κ1) is 28.2. The Balaban J connectivity index is 1.42. The molecule has 0 saturated heterocycles. The van der Waals surface area contributed by atoms with Crippen LogP contribution in [0.4, 0.5) is 11.4 Å². The van der Waals surface area contributed by atoms with Crippen LogP contribution in [0.25, 0.3) is 0 Å². The Morgan fingerprint density at radius 2 is 1.58 bits per heavy atom. The van der Waals surface area contributed by atoms with Gasteiger partial charge in [-0.3, -0.25) is 14.4 Å². The number of benzene rings is 3. The number of carbonyl (C=O) groups excluding carboxylic acids is 3. The van der Waals surface area contributed by atoms with Crippen molar-refractivity contribution < 1.29 is 28.6 Å². The molecule has 3 rings (SSSR count). The van der Waals surface area contributed by atoms with Gasteiger partial charge in [0.1, 0.15) is 17.2 Å². The summed E-state index contributed by atoms with van der Waals surface area (Å²) in [6, 6.07) is 20.2. The second kappa shape index (κ2) is 13.8. The highest BCUT2D eigenvalue weighted by atomic mass is 16.5. The van der Waals surface area contributed by atoms with Crippen molar-refractivity contribution in [3.05, 3.63) is 77.9 Å². The van der Waals surface area contributed by atoms with E-state index in [4.69, 9.17) is 14.2 Å². The summed E-state index contributed by atoms with van der Waals surface area (Å²) in [7, 11) is 0. The molecule has 0 aliphatic rings. The number of aryl methyl sites for hydroxylation is 1. The predicted octanol–water partition coefficient (Wildman–Crippen LogP) is 6.21. The smallest absolute Gasteiger partial charge is 0.306 e. The largest absolute Gasteiger partial charge is 0.492 e. The topological polar surface area (TPSA) is 103 Å². The van der Waals surface area contributed by atoms with Gasteiger partial charge in [-0.1, -0.05) is 38.1 Å². The molecule has 2 N–H and O–H groups in total. The van der Waals surface area contributed by atoms with Gasteiger partial charge in [-0.2, -0.15) is 0 Å². The summed E-state index contributed by atoms with van der Waals surface area (Å²) in [5.74, 6) is 0.832. The lowest BCUT2D eigenvalue weighted by Crippen LogP contribution is -2.22. The molecule has 200 valence electrons. The van der Waals surface area contributed by atoms with Crippen LogP contribution < -0.4 is 20.1 Å². The fraction of sp³-hybridized carbons (Fsp3) is 0.300. The van der Waals surface area contributed by atoms with Crippen molar-refractivity contribution in [3.8, 4) is 17.2 Å². The molecule has 0 saturated carbocycles. The highest BCUT2D eigenvalue weighted by molar-refractivity contribution is 5.95.